The number of hydrogen-bond donors (Lipinski definition) is 2. The fraction of sp³-hybridized carbons (Fsp3) is 0.222. The van der Waals surface area contributed by atoms with Gasteiger partial charge < -0.3 is 20.3 Å². The summed E-state index contributed by atoms with van der Waals surface area (Å²) >= 11 is 0. The molecule has 2 aromatic heterocycles. The number of nitrogens with one attached hydrogen (secondary N) is 2. The molecule has 4 aromatic rings. The third kappa shape index (κ3) is 5.60. The number of aromatic nitrogens is 2. The Bertz CT molecular complexity index is 1350. The van der Waals surface area contributed by atoms with Crippen LogP contribution in [-0.4, -0.2) is 47.6 Å². The molecule has 2 aromatic carbocycles. The molecule has 0 fully saturated rings. The number of hydrogen-bond acceptors (Lipinski definition) is 6. The molecule has 0 spiro atoms. The van der Waals surface area contributed by atoms with Gasteiger partial charge in [0.15, 0.2) is 0 Å². The van der Waals surface area contributed by atoms with E-state index in [0.29, 0.717) is 34.6 Å². The Kier molecular flexibility index (Phi) is 7.29. The highest BCUT2D eigenvalue weighted by Gasteiger charge is 2.19. The van der Waals surface area contributed by atoms with E-state index >= 15 is 0 Å². The first-order valence-corrected chi connectivity index (χ1v) is 11.4. The Balaban J connectivity index is 1.57. The third-order valence-electron chi connectivity index (χ3n) is 5.59. The molecule has 0 aliphatic rings. The van der Waals surface area contributed by atoms with Crippen molar-refractivity contribution in [2.75, 3.05) is 32.5 Å². The topological polar surface area (TPSA) is 94.7 Å². The lowest BCUT2D eigenvalue weighted by molar-refractivity contribution is 0.0952. The van der Waals surface area contributed by atoms with Crippen molar-refractivity contribution < 1.29 is 9.53 Å². The van der Waals surface area contributed by atoms with Crippen molar-refractivity contribution in [1.29, 1.82) is 5.26 Å². The van der Waals surface area contributed by atoms with Gasteiger partial charge >= 0.3 is 0 Å². The SMILES string of the molecule is Cc1c(C(=O)NCCCN(C)C)cn2ncc(C#N)c(Nc3ccc(Oc4ccccc4)cc3)c12. The first-order valence-electron chi connectivity index (χ1n) is 11.4. The Morgan fingerprint density at radius 1 is 1.11 bits per heavy atom. The molecule has 0 saturated heterocycles. The van der Waals surface area contributed by atoms with Gasteiger partial charge in [0.25, 0.3) is 5.91 Å². The van der Waals surface area contributed by atoms with Gasteiger partial charge in [-0.25, -0.2) is 4.52 Å². The lowest BCUT2D eigenvalue weighted by Crippen LogP contribution is -2.27. The number of benzene rings is 2. The molecule has 2 N–H and O–H groups in total. The van der Waals surface area contributed by atoms with Crippen LogP contribution in [0.4, 0.5) is 11.4 Å². The summed E-state index contributed by atoms with van der Waals surface area (Å²) in [6.45, 7) is 3.35. The van der Waals surface area contributed by atoms with Crippen LogP contribution < -0.4 is 15.4 Å². The lowest BCUT2D eigenvalue weighted by Gasteiger charge is -2.12. The van der Waals surface area contributed by atoms with Crippen LogP contribution in [-0.2, 0) is 0 Å². The van der Waals surface area contributed by atoms with E-state index in [9.17, 15) is 10.1 Å². The maximum Gasteiger partial charge on any atom is 0.253 e. The third-order valence-corrected chi connectivity index (χ3v) is 5.59. The molecule has 0 unspecified atom stereocenters. The van der Waals surface area contributed by atoms with Crippen LogP contribution in [0.1, 0.15) is 27.9 Å². The van der Waals surface area contributed by atoms with E-state index < -0.39 is 0 Å². The monoisotopic (exact) mass is 468 g/mol. The largest absolute Gasteiger partial charge is 0.457 e. The number of ether oxygens (including phenoxy) is 1. The van der Waals surface area contributed by atoms with E-state index in [1.54, 1.807) is 10.7 Å². The van der Waals surface area contributed by atoms with Crippen LogP contribution in [0.15, 0.2) is 67.0 Å². The molecule has 2 heterocycles. The molecular weight excluding hydrogens is 440 g/mol. The number of fused-ring (bicyclic) bond motifs is 1. The van der Waals surface area contributed by atoms with Crippen molar-refractivity contribution in [1.82, 2.24) is 19.8 Å². The number of nitrogens with zero attached hydrogens (tertiary/aromatic N) is 4. The first kappa shape index (κ1) is 23.8. The molecule has 0 aliphatic heterocycles. The summed E-state index contributed by atoms with van der Waals surface area (Å²) in [4.78, 5) is 14.9. The first-order chi connectivity index (χ1) is 17.0. The minimum atomic E-state index is -0.154. The van der Waals surface area contributed by atoms with Gasteiger partial charge in [-0.3, -0.25) is 4.79 Å². The smallest absolute Gasteiger partial charge is 0.253 e. The van der Waals surface area contributed by atoms with E-state index in [0.717, 1.165) is 30.0 Å². The zero-order chi connectivity index (χ0) is 24.8. The highest BCUT2D eigenvalue weighted by molar-refractivity contribution is 6.00. The molecule has 0 radical (unpaired) electrons. The summed E-state index contributed by atoms with van der Waals surface area (Å²) in [6, 6.07) is 19.2. The number of nitriles is 1. The van der Waals surface area contributed by atoms with E-state index in [2.05, 4.69) is 26.7 Å². The second-order valence-corrected chi connectivity index (χ2v) is 8.48. The van der Waals surface area contributed by atoms with Gasteiger partial charge in [0.1, 0.15) is 17.6 Å². The second kappa shape index (κ2) is 10.7. The van der Waals surface area contributed by atoms with Gasteiger partial charge in [-0.15, -0.1) is 0 Å². The summed E-state index contributed by atoms with van der Waals surface area (Å²) < 4.78 is 7.50. The summed E-state index contributed by atoms with van der Waals surface area (Å²) in [5.41, 5.74) is 3.75. The summed E-state index contributed by atoms with van der Waals surface area (Å²) in [6.07, 6.45) is 4.06. The van der Waals surface area contributed by atoms with Crippen molar-refractivity contribution in [2.24, 2.45) is 0 Å². The summed E-state index contributed by atoms with van der Waals surface area (Å²) in [7, 11) is 4.01. The van der Waals surface area contributed by atoms with E-state index in [1.165, 1.54) is 6.20 Å². The molecule has 0 bridgehead atoms. The highest BCUT2D eigenvalue weighted by atomic mass is 16.5. The van der Waals surface area contributed by atoms with Gasteiger partial charge in [-0.2, -0.15) is 10.4 Å². The average Bonchev–Trinajstić information content (AvgIpc) is 3.20. The zero-order valence-electron chi connectivity index (χ0n) is 20.1. The zero-order valence-corrected chi connectivity index (χ0v) is 20.1. The van der Waals surface area contributed by atoms with Crippen LogP contribution in [0, 0.1) is 18.3 Å². The molecule has 8 heteroatoms. The van der Waals surface area contributed by atoms with Crippen LogP contribution in [0.2, 0.25) is 0 Å². The second-order valence-electron chi connectivity index (χ2n) is 8.48. The van der Waals surface area contributed by atoms with Gasteiger partial charge in [0, 0.05) is 18.4 Å². The van der Waals surface area contributed by atoms with E-state index in [-0.39, 0.29) is 5.91 Å². The number of anilines is 2. The predicted octanol–water partition coefficient (Wildman–Crippen LogP) is 4.73. The molecule has 0 atom stereocenters. The average molecular weight is 469 g/mol. The van der Waals surface area contributed by atoms with Gasteiger partial charge in [-0.1, -0.05) is 18.2 Å². The van der Waals surface area contributed by atoms with Crippen LogP contribution >= 0.6 is 0 Å². The predicted molar refractivity (Wildman–Crippen MR) is 136 cm³/mol. The molecule has 0 aliphatic carbocycles. The van der Waals surface area contributed by atoms with E-state index in [1.807, 2.05) is 75.6 Å². The minimum Gasteiger partial charge on any atom is -0.457 e. The van der Waals surface area contributed by atoms with Gasteiger partial charge in [0.2, 0.25) is 0 Å². The molecule has 1 amide bonds. The van der Waals surface area contributed by atoms with E-state index in [4.69, 9.17) is 4.74 Å². The van der Waals surface area contributed by atoms with Crippen LogP contribution in [0.3, 0.4) is 0 Å². The fourth-order valence-corrected chi connectivity index (χ4v) is 3.80. The standard InChI is InChI=1S/C27H28N6O2/c1-19-24(27(34)29-14-7-15-32(2)3)18-33-26(19)25(20(16-28)17-30-33)31-21-10-12-23(13-11-21)35-22-8-5-4-6-9-22/h4-6,8-13,17-18,31H,7,14-15H2,1-3H3,(H,29,34). The van der Waals surface area contributed by atoms with Crippen LogP contribution in [0.5, 0.6) is 11.5 Å². The lowest BCUT2D eigenvalue weighted by atomic mass is 10.1. The molecule has 0 saturated carbocycles. The number of amides is 1. The Hall–Kier alpha value is -4.35. The van der Waals surface area contributed by atoms with Crippen molar-refractivity contribution in [3.63, 3.8) is 0 Å². The molecule has 4 rings (SSSR count). The Labute approximate surface area is 204 Å². The maximum atomic E-state index is 12.8. The van der Waals surface area contributed by atoms with Crippen molar-refractivity contribution in [3.05, 3.63) is 83.7 Å². The fourth-order valence-electron chi connectivity index (χ4n) is 3.80. The van der Waals surface area contributed by atoms with Crippen LogP contribution in [0.25, 0.3) is 5.52 Å². The summed E-state index contributed by atoms with van der Waals surface area (Å²) in [5.74, 6) is 1.31. The normalized spacial score (nSPS) is 10.8. The quantitative estimate of drug-likeness (QED) is 0.345. The molecule has 35 heavy (non-hydrogen) atoms. The summed E-state index contributed by atoms with van der Waals surface area (Å²) in [5, 5.41) is 20.4. The number of para-hydroxylation sites is 1. The number of carbonyl (C=O) groups excluding carboxylic acids is 1. The number of aryl methyl sites for hydroxylation is 1. The van der Waals surface area contributed by atoms with Crippen molar-refractivity contribution in [2.45, 2.75) is 13.3 Å². The maximum absolute atomic E-state index is 12.8. The molecule has 8 nitrogen and oxygen atoms in total. The minimum absolute atomic E-state index is 0.154. The number of rotatable bonds is 9. The molecular formula is C27H28N6O2. The van der Waals surface area contributed by atoms with Crippen molar-refractivity contribution in [3.8, 4) is 17.6 Å². The Morgan fingerprint density at radius 3 is 2.51 bits per heavy atom. The molecule has 178 valence electrons. The van der Waals surface area contributed by atoms with Gasteiger partial charge in [-0.05, 0) is 75.9 Å². The van der Waals surface area contributed by atoms with Gasteiger partial charge in [0.05, 0.1) is 28.5 Å². The Morgan fingerprint density at radius 2 is 1.83 bits per heavy atom. The number of carbonyl (C=O) groups is 1. The van der Waals surface area contributed by atoms with Crippen molar-refractivity contribution >= 4 is 22.8 Å². The highest BCUT2D eigenvalue weighted by Crippen LogP contribution is 2.31.